The lowest BCUT2D eigenvalue weighted by Gasteiger charge is -2.12. The molecule has 76 valence electrons. The van der Waals surface area contributed by atoms with Gasteiger partial charge in [-0.1, -0.05) is 0 Å². The van der Waals surface area contributed by atoms with E-state index in [2.05, 4.69) is 0 Å². The molecule has 0 saturated carbocycles. The Morgan fingerprint density at radius 3 is 2.85 bits per heavy atom. The van der Waals surface area contributed by atoms with Gasteiger partial charge in [0, 0.05) is 11.9 Å². The Hall–Kier alpha value is -0.360. The first-order valence-corrected chi connectivity index (χ1v) is 4.88. The monoisotopic (exact) mass is 212 g/mol. The van der Waals surface area contributed by atoms with Crippen LogP contribution in [0.25, 0.3) is 0 Å². The predicted molar refractivity (Wildman–Crippen MR) is 44.3 cm³/mol. The molecular formula is C7H10F2O3S. The smallest absolute Gasteiger partial charge is 0.375 e. The van der Waals surface area contributed by atoms with Gasteiger partial charge in [-0.2, -0.15) is 8.78 Å². The van der Waals surface area contributed by atoms with Gasteiger partial charge < -0.3 is 9.84 Å². The Morgan fingerprint density at radius 1 is 1.69 bits per heavy atom. The van der Waals surface area contributed by atoms with Gasteiger partial charge in [-0.05, 0) is 6.42 Å². The average Bonchev–Trinajstić information content (AvgIpc) is 2.52. The molecule has 0 aromatic rings. The summed E-state index contributed by atoms with van der Waals surface area (Å²) >= 11 is 0.963. The van der Waals surface area contributed by atoms with Crippen LogP contribution in [0.3, 0.4) is 0 Å². The van der Waals surface area contributed by atoms with Crippen LogP contribution in [0.5, 0.6) is 0 Å². The third kappa shape index (κ3) is 3.11. The highest BCUT2D eigenvalue weighted by molar-refractivity contribution is 8.00. The summed E-state index contributed by atoms with van der Waals surface area (Å²) in [5.74, 6) is -6.34. The van der Waals surface area contributed by atoms with Crippen LogP contribution < -0.4 is 0 Å². The van der Waals surface area contributed by atoms with Crippen molar-refractivity contribution in [1.82, 2.24) is 0 Å². The number of carbonyl (C=O) groups is 1. The number of hydrogen-bond acceptors (Lipinski definition) is 3. The summed E-state index contributed by atoms with van der Waals surface area (Å²) in [5, 5.41) is 8.14. The number of thioether (sulfide) groups is 1. The molecule has 1 fully saturated rings. The fourth-order valence-corrected chi connectivity index (χ4v) is 1.95. The molecule has 1 heterocycles. The van der Waals surface area contributed by atoms with Crippen LogP contribution in [0.4, 0.5) is 8.78 Å². The van der Waals surface area contributed by atoms with E-state index >= 15 is 0 Å². The molecule has 0 amide bonds. The van der Waals surface area contributed by atoms with Crippen molar-refractivity contribution in [3.63, 3.8) is 0 Å². The van der Waals surface area contributed by atoms with Crippen LogP contribution in [-0.2, 0) is 9.53 Å². The van der Waals surface area contributed by atoms with Crippen molar-refractivity contribution in [2.24, 2.45) is 0 Å². The molecule has 0 aromatic carbocycles. The lowest BCUT2D eigenvalue weighted by Crippen LogP contribution is -2.31. The second-order valence-electron chi connectivity index (χ2n) is 2.81. The van der Waals surface area contributed by atoms with Crippen molar-refractivity contribution in [3.8, 4) is 0 Å². The number of alkyl halides is 2. The number of rotatable bonds is 4. The van der Waals surface area contributed by atoms with Crippen molar-refractivity contribution < 1.29 is 23.4 Å². The molecule has 1 atom stereocenters. The molecule has 1 aliphatic heterocycles. The SMILES string of the molecule is O=C(O)C(F)(F)CSC1CCOC1. The van der Waals surface area contributed by atoms with Crippen LogP contribution in [0.2, 0.25) is 0 Å². The first-order chi connectivity index (χ1) is 6.02. The van der Waals surface area contributed by atoms with E-state index in [1.54, 1.807) is 0 Å². The molecule has 0 spiro atoms. The summed E-state index contributed by atoms with van der Waals surface area (Å²) in [5.41, 5.74) is 0. The quantitative estimate of drug-likeness (QED) is 0.761. The van der Waals surface area contributed by atoms with Gasteiger partial charge in [-0.3, -0.25) is 0 Å². The van der Waals surface area contributed by atoms with Gasteiger partial charge in [-0.25, -0.2) is 4.79 Å². The second kappa shape index (κ2) is 4.23. The zero-order valence-electron chi connectivity index (χ0n) is 6.83. The third-order valence-corrected chi connectivity index (χ3v) is 3.07. The number of hydrogen-bond donors (Lipinski definition) is 1. The Balaban J connectivity index is 2.28. The van der Waals surface area contributed by atoms with Crippen LogP contribution >= 0.6 is 11.8 Å². The molecule has 1 unspecified atom stereocenters. The highest BCUT2D eigenvalue weighted by Gasteiger charge is 2.39. The molecule has 6 heteroatoms. The first-order valence-electron chi connectivity index (χ1n) is 3.83. The topological polar surface area (TPSA) is 46.5 Å². The number of halogens is 2. The summed E-state index contributed by atoms with van der Waals surface area (Å²) in [6, 6.07) is 0. The first kappa shape index (κ1) is 10.7. The average molecular weight is 212 g/mol. The molecule has 13 heavy (non-hydrogen) atoms. The molecule has 0 bridgehead atoms. The van der Waals surface area contributed by atoms with E-state index in [0.29, 0.717) is 13.2 Å². The Labute approximate surface area is 78.4 Å². The Bertz CT molecular complexity index is 192. The third-order valence-electron chi connectivity index (χ3n) is 1.70. The maximum atomic E-state index is 12.5. The van der Waals surface area contributed by atoms with E-state index in [1.165, 1.54) is 0 Å². The minimum Gasteiger partial charge on any atom is -0.477 e. The van der Waals surface area contributed by atoms with Gasteiger partial charge in [0.15, 0.2) is 0 Å². The van der Waals surface area contributed by atoms with Gasteiger partial charge in [0.2, 0.25) is 0 Å². The molecule has 1 rings (SSSR count). The minimum absolute atomic E-state index is 0.0187. The molecular weight excluding hydrogens is 202 g/mol. The highest BCUT2D eigenvalue weighted by atomic mass is 32.2. The molecule has 1 saturated heterocycles. The lowest BCUT2D eigenvalue weighted by molar-refractivity contribution is -0.161. The zero-order valence-corrected chi connectivity index (χ0v) is 7.65. The summed E-state index contributed by atoms with van der Waals surface area (Å²) in [7, 11) is 0. The molecule has 1 aliphatic rings. The molecule has 3 nitrogen and oxygen atoms in total. The van der Waals surface area contributed by atoms with Crippen molar-refractivity contribution in [2.75, 3.05) is 19.0 Å². The van der Waals surface area contributed by atoms with E-state index in [9.17, 15) is 13.6 Å². The standard InChI is InChI=1S/C7H10F2O3S/c8-7(9,6(10)11)4-13-5-1-2-12-3-5/h5H,1-4H2,(H,10,11). The molecule has 0 aromatic heterocycles. The molecule has 0 radical (unpaired) electrons. The highest BCUT2D eigenvalue weighted by Crippen LogP contribution is 2.27. The van der Waals surface area contributed by atoms with E-state index in [-0.39, 0.29) is 5.25 Å². The molecule has 0 aliphatic carbocycles. The van der Waals surface area contributed by atoms with Crippen LogP contribution in [0, 0.1) is 0 Å². The predicted octanol–water partition coefficient (Wildman–Crippen LogP) is 1.23. The summed E-state index contributed by atoms with van der Waals surface area (Å²) in [6.45, 7) is 1.02. The van der Waals surface area contributed by atoms with Gasteiger partial charge in [0.1, 0.15) is 0 Å². The van der Waals surface area contributed by atoms with Gasteiger partial charge >= 0.3 is 11.9 Å². The normalized spacial score (nSPS) is 23.4. The minimum atomic E-state index is -3.62. The van der Waals surface area contributed by atoms with Crippen molar-refractivity contribution in [3.05, 3.63) is 0 Å². The van der Waals surface area contributed by atoms with Crippen molar-refractivity contribution >= 4 is 17.7 Å². The maximum absolute atomic E-state index is 12.5. The number of aliphatic carboxylic acids is 1. The van der Waals surface area contributed by atoms with Crippen LogP contribution in [0.15, 0.2) is 0 Å². The van der Waals surface area contributed by atoms with Crippen molar-refractivity contribution in [2.45, 2.75) is 17.6 Å². The fourth-order valence-electron chi connectivity index (χ4n) is 0.929. The summed E-state index contributed by atoms with van der Waals surface area (Å²) < 4.78 is 30.0. The van der Waals surface area contributed by atoms with Gasteiger partial charge in [0.05, 0.1) is 12.4 Å². The van der Waals surface area contributed by atoms with Gasteiger partial charge in [0.25, 0.3) is 0 Å². The van der Waals surface area contributed by atoms with Crippen LogP contribution in [-0.4, -0.2) is 41.2 Å². The summed E-state index contributed by atoms with van der Waals surface area (Å²) in [4.78, 5) is 10.0. The number of carboxylic acid groups (broad SMARTS) is 1. The Kier molecular flexibility index (Phi) is 3.49. The number of carboxylic acids is 1. The maximum Gasteiger partial charge on any atom is 0.375 e. The van der Waals surface area contributed by atoms with E-state index in [0.717, 1.165) is 18.2 Å². The lowest BCUT2D eigenvalue weighted by atomic mass is 10.4. The van der Waals surface area contributed by atoms with E-state index in [4.69, 9.17) is 9.84 Å². The summed E-state index contributed by atoms with van der Waals surface area (Å²) in [6.07, 6.45) is 0.723. The van der Waals surface area contributed by atoms with E-state index < -0.39 is 17.6 Å². The van der Waals surface area contributed by atoms with E-state index in [1.807, 2.05) is 0 Å². The number of ether oxygens (including phenoxy) is 1. The largest absolute Gasteiger partial charge is 0.477 e. The van der Waals surface area contributed by atoms with Crippen molar-refractivity contribution in [1.29, 1.82) is 0 Å². The zero-order chi connectivity index (χ0) is 9.90. The Morgan fingerprint density at radius 2 is 2.38 bits per heavy atom. The second-order valence-corrected chi connectivity index (χ2v) is 4.09. The van der Waals surface area contributed by atoms with Crippen LogP contribution in [0.1, 0.15) is 6.42 Å². The van der Waals surface area contributed by atoms with Gasteiger partial charge in [-0.15, -0.1) is 11.8 Å². The molecule has 1 N–H and O–H groups in total. The fraction of sp³-hybridized carbons (Fsp3) is 0.857.